The Morgan fingerprint density at radius 1 is 1.08 bits per heavy atom. The molecule has 12 nitrogen and oxygen atoms in total. The Balaban J connectivity index is 1.64. The van der Waals surface area contributed by atoms with Gasteiger partial charge in [0, 0.05) is 37.2 Å². The highest BCUT2D eigenvalue weighted by molar-refractivity contribution is 5.91. The minimum Gasteiger partial charge on any atom is -0.458 e. The van der Waals surface area contributed by atoms with Crippen molar-refractivity contribution in [2.24, 2.45) is 28.7 Å². The van der Waals surface area contributed by atoms with Gasteiger partial charge in [-0.3, -0.25) is 14.7 Å². The van der Waals surface area contributed by atoms with Crippen molar-refractivity contribution in [3.8, 4) is 0 Å². The Bertz CT molecular complexity index is 1260. The van der Waals surface area contributed by atoms with E-state index in [1.165, 1.54) is 0 Å². The Labute approximate surface area is 293 Å². The van der Waals surface area contributed by atoms with E-state index in [4.69, 9.17) is 38.2 Å². The normalized spacial score (nSPS) is 45.4. The zero-order chi connectivity index (χ0) is 36.0. The van der Waals surface area contributed by atoms with E-state index in [1.807, 2.05) is 34.9 Å². The highest BCUT2D eigenvalue weighted by Crippen LogP contribution is 2.45. The summed E-state index contributed by atoms with van der Waals surface area (Å²) in [7, 11) is 5.78. The van der Waals surface area contributed by atoms with Crippen LogP contribution in [0.15, 0.2) is 17.1 Å². The third-order valence-electron chi connectivity index (χ3n) is 11.9. The number of hydrogen-bond donors (Lipinski definition) is 0. The molecule has 0 aromatic heterocycles. The number of cyclic esters (lactones) is 1. The Morgan fingerprint density at radius 3 is 2.45 bits per heavy atom. The number of rotatable bonds is 5. The summed E-state index contributed by atoms with van der Waals surface area (Å²) >= 11 is 0. The SMILES string of the molecule is C=C1CO[C@H]2[C@H](C)[C@@H](O[C@@H]3O[C@H](C)C[C@H](N(C)C)[C@H]3OC)[C@@](C)(C[C@@H](C)C3=NCCN4C(=O)O[C@](C)([C@@H](CC)OC(=O)[C@@H]2C)[C@H]4[C@H]3C)OC1. The average molecular weight is 692 g/mol. The minimum atomic E-state index is -1.07. The van der Waals surface area contributed by atoms with E-state index in [2.05, 4.69) is 46.1 Å². The molecule has 4 fully saturated rings. The van der Waals surface area contributed by atoms with Crippen molar-refractivity contribution in [2.45, 2.75) is 135 Å². The summed E-state index contributed by atoms with van der Waals surface area (Å²) in [6.07, 6.45) is -1.60. The van der Waals surface area contributed by atoms with Gasteiger partial charge in [-0.15, -0.1) is 0 Å². The van der Waals surface area contributed by atoms with Gasteiger partial charge < -0.3 is 38.1 Å². The molecular weight excluding hydrogens is 630 g/mol. The Morgan fingerprint density at radius 2 is 1.80 bits per heavy atom. The first-order valence-corrected chi connectivity index (χ1v) is 18.2. The zero-order valence-corrected chi connectivity index (χ0v) is 31.6. The first-order chi connectivity index (χ1) is 23.1. The summed E-state index contributed by atoms with van der Waals surface area (Å²) in [6.45, 7) is 21.8. The van der Waals surface area contributed by atoms with Crippen molar-refractivity contribution in [3.63, 3.8) is 0 Å². The topological polar surface area (TPSA) is 118 Å². The van der Waals surface area contributed by atoms with E-state index < -0.39 is 53.8 Å². The maximum atomic E-state index is 14.2. The molecule has 5 aliphatic heterocycles. The van der Waals surface area contributed by atoms with Gasteiger partial charge in [0.15, 0.2) is 11.9 Å². The minimum absolute atomic E-state index is 0.0616. The van der Waals surface area contributed by atoms with Crippen LogP contribution in [-0.2, 0) is 38.0 Å². The van der Waals surface area contributed by atoms with E-state index in [-0.39, 0.29) is 55.3 Å². The predicted octanol–water partition coefficient (Wildman–Crippen LogP) is 4.49. The summed E-state index contributed by atoms with van der Waals surface area (Å²) in [5.74, 6) is -1.71. The first kappa shape index (κ1) is 38.1. The van der Waals surface area contributed by atoms with Crippen LogP contribution in [0.3, 0.4) is 0 Å². The van der Waals surface area contributed by atoms with Crippen molar-refractivity contribution in [1.29, 1.82) is 0 Å². The van der Waals surface area contributed by atoms with Crippen molar-refractivity contribution < 1.29 is 42.7 Å². The molecule has 4 saturated heterocycles. The van der Waals surface area contributed by atoms with Crippen LogP contribution in [0.1, 0.15) is 74.7 Å². The van der Waals surface area contributed by atoms with Crippen LogP contribution in [0.5, 0.6) is 0 Å². The van der Waals surface area contributed by atoms with E-state index in [1.54, 1.807) is 12.0 Å². The molecule has 1 amide bonds. The molecular formula is C37H61N3O9. The maximum absolute atomic E-state index is 14.2. The zero-order valence-electron chi connectivity index (χ0n) is 31.6. The van der Waals surface area contributed by atoms with Crippen molar-refractivity contribution in [1.82, 2.24) is 9.80 Å². The van der Waals surface area contributed by atoms with Crippen LogP contribution in [-0.4, -0.2) is 135 Å². The third kappa shape index (κ3) is 7.20. The molecule has 0 aromatic carbocycles. The van der Waals surface area contributed by atoms with Gasteiger partial charge >= 0.3 is 12.1 Å². The summed E-state index contributed by atoms with van der Waals surface area (Å²) in [5.41, 5.74) is -0.222. The summed E-state index contributed by atoms with van der Waals surface area (Å²) in [6, 6.07) is -0.307. The largest absolute Gasteiger partial charge is 0.458 e. The van der Waals surface area contributed by atoms with Gasteiger partial charge in [-0.25, -0.2) is 4.79 Å². The fourth-order valence-corrected chi connectivity index (χ4v) is 9.45. The van der Waals surface area contributed by atoms with Crippen molar-refractivity contribution in [2.75, 3.05) is 47.5 Å². The summed E-state index contributed by atoms with van der Waals surface area (Å²) < 4.78 is 45.7. The Hall–Kier alpha value is -2.09. The van der Waals surface area contributed by atoms with E-state index >= 15 is 0 Å². The van der Waals surface area contributed by atoms with Gasteiger partial charge in [0.05, 0.1) is 55.6 Å². The number of aliphatic imine (C=N–C) groups is 1. The van der Waals surface area contributed by atoms with Crippen LogP contribution in [0, 0.1) is 23.7 Å². The maximum Gasteiger partial charge on any atom is 0.410 e. The number of carbonyl (C=O) groups is 2. The van der Waals surface area contributed by atoms with Gasteiger partial charge in [-0.1, -0.05) is 34.3 Å². The molecule has 0 aromatic rings. The van der Waals surface area contributed by atoms with E-state index in [0.29, 0.717) is 25.9 Å². The van der Waals surface area contributed by atoms with Gasteiger partial charge in [-0.2, -0.15) is 0 Å². The fraction of sp³-hybridized carbons (Fsp3) is 0.865. The van der Waals surface area contributed by atoms with Crippen LogP contribution < -0.4 is 0 Å². The second-order valence-electron chi connectivity index (χ2n) is 15.8. The second kappa shape index (κ2) is 14.9. The molecule has 5 heterocycles. The van der Waals surface area contributed by atoms with Crippen LogP contribution in [0.2, 0.25) is 0 Å². The highest BCUT2D eigenvalue weighted by Gasteiger charge is 2.60. The van der Waals surface area contributed by atoms with Gasteiger partial charge in [0.1, 0.15) is 12.2 Å². The number of fused-ring (bicyclic) bond motifs is 4. The number of nitrogens with zero attached hydrogens (tertiary/aromatic N) is 3. The third-order valence-corrected chi connectivity index (χ3v) is 11.9. The number of esters is 1. The average Bonchev–Trinajstić information content (AvgIpc) is 3.18. The van der Waals surface area contributed by atoms with Gasteiger partial charge in [0.25, 0.3) is 0 Å². The second-order valence-corrected chi connectivity index (χ2v) is 15.8. The molecule has 0 saturated carbocycles. The van der Waals surface area contributed by atoms with Crippen LogP contribution >= 0.6 is 0 Å². The molecule has 4 bridgehead atoms. The van der Waals surface area contributed by atoms with Crippen molar-refractivity contribution >= 4 is 17.8 Å². The fourth-order valence-electron chi connectivity index (χ4n) is 9.45. The lowest BCUT2D eigenvalue weighted by Gasteiger charge is -2.49. The smallest absolute Gasteiger partial charge is 0.410 e. The molecule has 49 heavy (non-hydrogen) atoms. The highest BCUT2D eigenvalue weighted by atomic mass is 16.7. The quantitative estimate of drug-likeness (QED) is 0.302. The van der Waals surface area contributed by atoms with Crippen LogP contribution in [0.4, 0.5) is 4.79 Å². The first-order valence-electron chi connectivity index (χ1n) is 18.2. The number of carbonyl (C=O) groups excluding carboxylic acids is 2. The lowest BCUT2D eigenvalue weighted by molar-refractivity contribution is -0.305. The number of likely N-dealkylation sites (N-methyl/N-ethyl adjacent to an activating group) is 1. The van der Waals surface area contributed by atoms with Crippen LogP contribution in [0.25, 0.3) is 0 Å². The lowest BCUT2D eigenvalue weighted by Crippen LogP contribution is -2.61. The van der Waals surface area contributed by atoms with Gasteiger partial charge in [-0.05, 0) is 72.5 Å². The molecule has 0 spiro atoms. The molecule has 12 heteroatoms. The standard InChI is InChI=1S/C37H61N3O9/c1-13-27-37(9)31-23(5)28(38-14-15-40(31)35(42)49-37)21(3)17-36(8)32(48-34-30(43-12)26(39(10)11)16-22(4)46-34)24(6)29(25(7)33(41)47-27)44-18-20(2)19-45-36/h21-27,29-32,34H,2,13-19H2,1,3-12H3/t21-,22-,23+,24+,25-,26+,27-,29+,30-,31-,32-,34+,36-,37-/m1/s1. The number of ether oxygens (including phenoxy) is 7. The molecule has 5 rings (SSSR count). The summed E-state index contributed by atoms with van der Waals surface area (Å²) in [5, 5.41) is 0. The van der Waals surface area contributed by atoms with Crippen molar-refractivity contribution in [3.05, 3.63) is 12.2 Å². The summed E-state index contributed by atoms with van der Waals surface area (Å²) in [4.78, 5) is 36.7. The number of methoxy groups -OCH3 is 1. The molecule has 0 aliphatic carbocycles. The lowest BCUT2D eigenvalue weighted by atomic mass is 9.72. The molecule has 0 N–H and O–H groups in total. The van der Waals surface area contributed by atoms with Gasteiger partial charge in [0.2, 0.25) is 0 Å². The number of hydrogen-bond acceptors (Lipinski definition) is 11. The van der Waals surface area contributed by atoms with E-state index in [0.717, 1.165) is 17.7 Å². The van der Waals surface area contributed by atoms with E-state index in [9.17, 15) is 9.59 Å². The molecule has 278 valence electrons. The molecule has 14 atom stereocenters. The Kier molecular flexibility index (Phi) is 11.6. The molecule has 0 unspecified atom stereocenters. The number of amides is 1. The predicted molar refractivity (Wildman–Crippen MR) is 184 cm³/mol. The molecule has 5 aliphatic rings. The monoisotopic (exact) mass is 691 g/mol. The molecule has 0 radical (unpaired) electrons.